The van der Waals surface area contributed by atoms with Crippen LogP contribution in [0.1, 0.15) is 56.3 Å². The molecule has 1 aromatic heterocycles. The molecule has 0 amide bonds. The van der Waals surface area contributed by atoms with Gasteiger partial charge in [0.15, 0.2) is 5.58 Å². The van der Waals surface area contributed by atoms with E-state index in [4.69, 9.17) is 25.7 Å². The SMILES string of the molecule is CC(C)(C)OC(=O)C1CCN(C2CCc3c2cc2nc(-c4cccc(Br)c4Cl)oc2c3C#N)C1. The van der Waals surface area contributed by atoms with Crippen LogP contribution < -0.4 is 0 Å². The summed E-state index contributed by atoms with van der Waals surface area (Å²) >= 11 is 9.91. The number of fused-ring (bicyclic) bond motifs is 2. The fourth-order valence-corrected chi connectivity index (χ4v) is 5.63. The predicted molar refractivity (Wildman–Crippen MR) is 133 cm³/mol. The molecule has 2 unspecified atom stereocenters. The van der Waals surface area contributed by atoms with E-state index in [1.807, 2.05) is 45.0 Å². The Morgan fingerprint density at radius 1 is 1.35 bits per heavy atom. The van der Waals surface area contributed by atoms with Crippen LogP contribution in [0.2, 0.25) is 5.02 Å². The number of carbonyl (C=O) groups excluding carboxylic acids is 1. The van der Waals surface area contributed by atoms with Crippen LogP contribution >= 0.6 is 27.5 Å². The summed E-state index contributed by atoms with van der Waals surface area (Å²) in [6.07, 6.45) is 2.48. The van der Waals surface area contributed by atoms with Crippen LogP contribution in [0.25, 0.3) is 22.6 Å². The van der Waals surface area contributed by atoms with E-state index < -0.39 is 5.60 Å². The molecule has 34 heavy (non-hydrogen) atoms. The molecule has 5 rings (SSSR count). The van der Waals surface area contributed by atoms with Crippen molar-refractivity contribution in [2.75, 3.05) is 13.1 Å². The molecule has 2 aromatic carbocycles. The number of likely N-dealkylation sites (tertiary alicyclic amines) is 1. The van der Waals surface area contributed by atoms with Gasteiger partial charge in [-0.25, -0.2) is 4.98 Å². The van der Waals surface area contributed by atoms with Crippen LogP contribution in [-0.4, -0.2) is 34.5 Å². The Balaban J connectivity index is 1.48. The first-order valence-corrected chi connectivity index (χ1v) is 12.6. The first-order valence-electron chi connectivity index (χ1n) is 11.4. The number of halogens is 2. The summed E-state index contributed by atoms with van der Waals surface area (Å²) in [4.78, 5) is 19.6. The lowest BCUT2D eigenvalue weighted by Crippen LogP contribution is -2.31. The fraction of sp³-hybridized carbons (Fsp3) is 0.423. The van der Waals surface area contributed by atoms with Crippen LogP contribution in [0.4, 0.5) is 0 Å². The maximum absolute atomic E-state index is 12.6. The molecule has 176 valence electrons. The number of hydrogen-bond donors (Lipinski definition) is 0. The number of benzene rings is 2. The third-order valence-electron chi connectivity index (χ3n) is 6.54. The van der Waals surface area contributed by atoms with Gasteiger partial charge in [-0.05, 0) is 91.8 Å². The first-order chi connectivity index (χ1) is 16.2. The number of rotatable bonds is 3. The third kappa shape index (κ3) is 4.13. The Morgan fingerprint density at radius 3 is 2.88 bits per heavy atom. The van der Waals surface area contributed by atoms with Gasteiger partial charge in [-0.2, -0.15) is 5.26 Å². The molecular weight excluding hydrogens is 518 g/mol. The lowest BCUT2D eigenvalue weighted by atomic mass is 10.0. The van der Waals surface area contributed by atoms with Crippen LogP contribution in [0.15, 0.2) is 33.2 Å². The van der Waals surface area contributed by atoms with Gasteiger partial charge in [-0.1, -0.05) is 17.7 Å². The molecule has 0 saturated carbocycles. The molecule has 2 heterocycles. The summed E-state index contributed by atoms with van der Waals surface area (Å²) in [6, 6.07) is 10.1. The number of esters is 1. The van der Waals surface area contributed by atoms with Gasteiger partial charge < -0.3 is 9.15 Å². The highest BCUT2D eigenvalue weighted by Gasteiger charge is 2.39. The Bertz CT molecular complexity index is 1340. The summed E-state index contributed by atoms with van der Waals surface area (Å²) < 4.78 is 12.4. The van der Waals surface area contributed by atoms with Crippen molar-refractivity contribution in [3.63, 3.8) is 0 Å². The number of oxazole rings is 1. The zero-order chi connectivity index (χ0) is 24.2. The molecule has 0 N–H and O–H groups in total. The monoisotopic (exact) mass is 541 g/mol. The Labute approximate surface area is 212 Å². The van der Waals surface area contributed by atoms with E-state index in [2.05, 4.69) is 26.9 Å². The average Bonchev–Trinajstić information content (AvgIpc) is 3.50. The number of hydrogen-bond acceptors (Lipinski definition) is 6. The van der Waals surface area contributed by atoms with Crippen molar-refractivity contribution < 1.29 is 13.9 Å². The van der Waals surface area contributed by atoms with Gasteiger partial charge in [-0.3, -0.25) is 9.69 Å². The van der Waals surface area contributed by atoms with Crippen molar-refractivity contribution in [3.8, 4) is 17.5 Å². The minimum Gasteiger partial charge on any atom is -0.460 e. The van der Waals surface area contributed by atoms with Crippen molar-refractivity contribution >= 4 is 44.6 Å². The van der Waals surface area contributed by atoms with Crippen molar-refractivity contribution in [2.45, 2.75) is 51.7 Å². The maximum atomic E-state index is 12.6. The van der Waals surface area contributed by atoms with Crippen LogP contribution in [0.5, 0.6) is 0 Å². The Hall–Kier alpha value is -2.40. The number of ether oxygens (including phenoxy) is 1. The molecular formula is C26H25BrClN3O3. The summed E-state index contributed by atoms with van der Waals surface area (Å²) in [5, 5.41) is 10.5. The normalized spacial score (nSPS) is 20.5. The third-order valence-corrected chi connectivity index (χ3v) is 7.84. The second-order valence-electron chi connectivity index (χ2n) is 9.97. The summed E-state index contributed by atoms with van der Waals surface area (Å²) in [5.41, 5.74) is 4.00. The largest absolute Gasteiger partial charge is 0.460 e. The van der Waals surface area contributed by atoms with E-state index in [9.17, 15) is 10.1 Å². The van der Waals surface area contributed by atoms with Gasteiger partial charge in [0.1, 0.15) is 22.8 Å². The number of nitrogens with zero attached hydrogens (tertiary/aromatic N) is 3. The first kappa shape index (κ1) is 23.3. The molecule has 6 nitrogen and oxygen atoms in total. The van der Waals surface area contributed by atoms with Gasteiger partial charge in [0, 0.05) is 17.1 Å². The molecule has 1 saturated heterocycles. The van der Waals surface area contributed by atoms with Crippen molar-refractivity contribution in [3.05, 3.63) is 50.5 Å². The predicted octanol–water partition coefficient (Wildman–Crippen LogP) is 6.43. The standard InChI is InChI=1S/C26H25BrClN3O3/c1-26(2,3)34-25(32)14-9-10-31(13-14)21-8-7-15-17(21)11-20-23(18(15)12-29)33-24(30-20)16-5-4-6-19(27)22(16)28/h4-6,11,14,21H,7-10,13H2,1-3H3. The fourth-order valence-electron chi connectivity index (χ4n) is 5.06. The Morgan fingerprint density at radius 2 is 2.15 bits per heavy atom. The molecule has 2 atom stereocenters. The minimum absolute atomic E-state index is 0.125. The molecule has 8 heteroatoms. The second-order valence-corrected chi connectivity index (χ2v) is 11.2. The van der Waals surface area contributed by atoms with Crippen molar-refractivity contribution in [1.29, 1.82) is 5.26 Å². The van der Waals surface area contributed by atoms with E-state index in [1.54, 1.807) is 0 Å². The van der Waals surface area contributed by atoms with Crippen molar-refractivity contribution in [2.24, 2.45) is 5.92 Å². The number of nitriles is 1. The smallest absolute Gasteiger partial charge is 0.310 e. The Kier molecular flexibility index (Phi) is 5.96. The minimum atomic E-state index is -0.486. The molecule has 3 aromatic rings. The highest BCUT2D eigenvalue weighted by molar-refractivity contribution is 9.10. The number of carbonyl (C=O) groups is 1. The van der Waals surface area contributed by atoms with Crippen LogP contribution in [0.3, 0.4) is 0 Å². The molecule has 1 fully saturated rings. The lowest BCUT2D eigenvalue weighted by molar-refractivity contribution is -0.159. The average molecular weight is 543 g/mol. The summed E-state index contributed by atoms with van der Waals surface area (Å²) in [5.74, 6) is 0.136. The van der Waals surface area contributed by atoms with Gasteiger partial charge in [0.25, 0.3) is 0 Å². The van der Waals surface area contributed by atoms with E-state index >= 15 is 0 Å². The van der Waals surface area contributed by atoms with Gasteiger partial charge in [0.05, 0.1) is 16.5 Å². The highest BCUT2D eigenvalue weighted by Crippen LogP contribution is 2.44. The zero-order valence-corrected chi connectivity index (χ0v) is 21.7. The van der Waals surface area contributed by atoms with E-state index in [-0.39, 0.29) is 17.9 Å². The van der Waals surface area contributed by atoms with E-state index in [0.717, 1.165) is 41.4 Å². The second kappa shape index (κ2) is 8.67. The molecule has 0 radical (unpaired) electrons. The van der Waals surface area contributed by atoms with Gasteiger partial charge in [-0.15, -0.1) is 0 Å². The van der Waals surface area contributed by atoms with Crippen LogP contribution in [-0.2, 0) is 16.0 Å². The van der Waals surface area contributed by atoms with Gasteiger partial charge in [0.2, 0.25) is 5.89 Å². The molecule has 1 aliphatic heterocycles. The topological polar surface area (TPSA) is 79.4 Å². The molecule has 1 aliphatic carbocycles. The lowest BCUT2D eigenvalue weighted by Gasteiger charge is -2.25. The molecule has 2 aliphatic rings. The van der Waals surface area contributed by atoms with Crippen LogP contribution in [0, 0.1) is 17.2 Å². The summed E-state index contributed by atoms with van der Waals surface area (Å²) in [7, 11) is 0. The van der Waals surface area contributed by atoms with Crippen molar-refractivity contribution in [1.82, 2.24) is 9.88 Å². The summed E-state index contributed by atoms with van der Waals surface area (Å²) in [6.45, 7) is 7.18. The molecule has 0 bridgehead atoms. The molecule has 0 spiro atoms. The highest BCUT2D eigenvalue weighted by atomic mass is 79.9. The van der Waals surface area contributed by atoms with E-state index in [1.165, 1.54) is 0 Å². The van der Waals surface area contributed by atoms with E-state index in [0.29, 0.717) is 39.7 Å². The zero-order valence-electron chi connectivity index (χ0n) is 19.3. The maximum Gasteiger partial charge on any atom is 0.310 e. The van der Waals surface area contributed by atoms with Gasteiger partial charge >= 0.3 is 5.97 Å². The number of aromatic nitrogens is 1. The quantitative estimate of drug-likeness (QED) is 0.355.